The monoisotopic (exact) mass is 242 g/mol. The topological polar surface area (TPSA) is 55.1 Å². The van der Waals surface area contributed by atoms with Gasteiger partial charge in [-0.15, -0.1) is 0 Å². The molecule has 0 aromatic heterocycles. The van der Waals surface area contributed by atoms with Gasteiger partial charge in [0, 0.05) is 12.6 Å². The Morgan fingerprint density at radius 3 is 2.41 bits per heavy atom. The first-order chi connectivity index (χ1) is 7.70. The zero-order valence-electron chi connectivity index (χ0n) is 10.1. The molecule has 0 unspecified atom stereocenters. The van der Waals surface area contributed by atoms with Gasteiger partial charge in [0.25, 0.3) is 5.91 Å². The van der Waals surface area contributed by atoms with Crippen molar-refractivity contribution in [3.63, 3.8) is 0 Å². The lowest BCUT2D eigenvalue weighted by Gasteiger charge is -2.18. The number of hydrogen-bond donors (Lipinski definition) is 2. The zero-order chi connectivity index (χ0) is 13.2. The van der Waals surface area contributed by atoms with E-state index in [0.29, 0.717) is 12.6 Å². The van der Waals surface area contributed by atoms with Crippen molar-refractivity contribution < 1.29 is 13.6 Å². The average molecular weight is 242 g/mol. The number of nitrogen functional groups attached to an aromatic ring is 1. The molecule has 0 aliphatic heterocycles. The molecular weight excluding hydrogens is 226 g/mol. The molecule has 0 radical (unpaired) electrons. The molecule has 5 heteroatoms. The molecule has 94 valence electrons. The van der Waals surface area contributed by atoms with Crippen LogP contribution in [-0.4, -0.2) is 12.5 Å². The third kappa shape index (κ3) is 3.69. The van der Waals surface area contributed by atoms with E-state index in [2.05, 4.69) is 5.32 Å². The number of rotatable bonds is 2. The number of anilines is 1. The molecule has 1 aromatic rings. The lowest BCUT2D eigenvalue weighted by atomic mass is 9.97. The average Bonchev–Trinajstić information content (AvgIpc) is 2.19. The van der Waals surface area contributed by atoms with E-state index >= 15 is 0 Å². The lowest BCUT2D eigenvalue weighted by Crippen LogP contribution is -2.32. The number of halogens is 2. The Bertz CT molecular complexity index is 439. The molecule has 3 N–H and O–H groups in total. The van der Waals surface area contributed by atoms with Crippen LogP contribution in [0.4, 0.5) is 14.5 Å². The second kappa shape index (κ2) is 4.69. The first-order valence-corrected chi connectivity index (χ1v) is 5.23. The summed E-state index contributed by atoms with van der Waals surface area (Å²) >= 11 is 0. The van der Waals surface area contributed by atoms with E-state index in [1.54, 1.807) is 0 Å². The van der Waals surface area contributed by atoms with Crippen LogP contribution in [0.2, 0.25) is 0 Å². The highest BCUT2D eigenvalue weighted by atomic mass is 19.1. The first kappa shape index (κ1) is 13.4. The summed E-state index contributed by atoms with van der Waals surface area (Å²) in [6.45, 7) is 6.19. The van der Waals surface area contributed by atoms with Gasteiger partial charge >= 0.3 is 0 Å². The molecule has 17 heavy (non-hydrogen) atoms. The molecule has 3 nitrogen and oxygen atoms in total. The van der Waals surface area contributed by atoms with Gasteiger partial charge < -0.3 is 11.1 Å². The highest BCUT2D eigenvalue weighted by Crippen LogP contribution is 2.17. The quantitative estimate of drug-likeness (QED) is 0.782. The van der Waals surface area contributed by atoms with Gasteiger partial charge in [-0.3, -0.25) is 4.79 Å². The Kier molecular flexibility index (Phi) is 3.70. The highest BCUT2D eigenvalue weighted by molar-refractivity contribution is 5.95. The second-order valence-corrected chi connectivity index (χ2v) is 5.10. The van der Waals surface area contributed by atoms with Crippen molar-refractivity contribution in [3.8, 4) is 0 Å². The van der Waals surface area contributed by atoms with Crippen LogP contribution in [0.1, 0.15) is 31.1 Å². The Morgan fingerprint density at radius 2 is 1.88 bits per heavy atom. The largest absolute Gasteiger partial charge is 0.396 e. The molecule has 1 rings (SSSR count). The molecule has 1 amide bonds. The lowest BCUT2D eigenvalue weighted by molar-refractivity contribution is 0.0935. The fourth-order valence-electron chi connectivity index (χ4n) is 1.18. The van der Waals surface area contributed by atoms with E-state index < -0.39 is 17.5 Å². The maximum absolute atomic E-state index is 13.3. The number of nitrogens with two attached hydrogens (primary N) is 1. The van der Waals surface area contributed by atoms with Crippen LogP contribution in [0, 0.1) is 17.0 Å². The molecule has 1 aromatic carbocycles. The van der Waals surface area contributed by atoms with Crippen LogP contribution in [0.15, 0.2) is 12.1 Å². The van der Waals surface area contributed by atoms with Crippen molar-refractivity contribution in [1.29, 1.82) is 0 Å². The van der Waals surface area contributed by atoms with Crippen LogP contribution < -0.4 is 11.1 Å². The van der Waals surface area contributed by atoms with Crippen LogP contribution in [0.25, 0.3) is 0 Å². The van der Waals surface area contributed by atoms with Crippen molar-refractivity contribution in [2.75, 3.05) is 12.3 Å². The summed E-state index contributed by atoms with van der Waals surface area (Å²) in [5.41, 5.74) is 4.69. The fourth-order valence-corrected chi connectivity index (χ4v) is 1.18. The molecular formula is C12H16F2N2O. The van der Waals surface area contributed by atoms with E-state index in [4.69, 9.17) is 5.73 Å². The third-order valence-corrected chi connectivity index (χ3v) is 2.11. The maximum Gasteiger partial charge on any atom is 0.254 e. The van der Waals surface area contributed by atoms with Gasteiger partial charge in [-0.25, -0.2) is 8.78 Å². The predicted molar refractivity (Wildman–Crippen MR) is 62.6 cm³/mol. The standard InChI is InChI=1S/C12H16F2N2O/c1-12(2,3)6-16-11(17)7-4-10(15)9(14)5-8(7)13/h4-5H,6,15H2,1-3H3,(H,16,17). The van der Waals surface area contributed by atoms with Crippen molar-refractivity contribution >= 4 is 11.6 Å². The zero-order valence-corrected chi connectivity index (χ0v) is 10.1. The smallest absolute Gasteiger partial charge is 0.254 e. The minimum absolute atomic E-state index is 0.113. The summed E-state index contributed by atoms with van der Waals surface area (Å²) in [6, 6.07) is 1.62. The molecule has 0 bridgehead atoms. The Hall–Kier alpha value is -1.65. The number of amides is 1. The highest BCUT2D eigenvalue weighted by Gasteiger charge is 2.17. The molecule has 0 fully saturated rings. The fraction of sp³-hybridized carbons (Fsp3) is 0.417. The van der Waals surface area contributed by atoms with Gasteiger partial charge in [-0.05, 0) is 11.5 Å². The molecule has 0 saturated carbocycles. The van der Waals surface area contributed by atoms with E-state index in [1.807, 2.05) is 20.8 Å². The van der Waals surface area contributed by atoms with Crippen molar-refractivity contribution in [2.45, 2.75) is 20.8 Å². The summed E-state index contributed by atoms with van der Waals surface area (Å²) < 4.78 is 26.2. The SMILES string of the molecule is CC(C)(C)CNC(=O)c1cc(N)c(F)cc1F. The summed E-state index contributed by atoms with van der Waals surface area (Å²) in [5.74, 6) is -2.37. The van der Waals surface area contributed by atoms with Gasteiger partial charge in [-0.2, -0.15) is 0 Å². The van der Waals surface area contributed by atoms with E-state index in [-0.39, 0.29) is 16.7 Å². The Morgan fingerprint density at radius 1 is 1.29 bits per heavy atom. The molecule has 0 aliphatic rings. The van der Waals surface area contributed by atoms with Gasteiger partial charge in [0.2, 0.25) is 0 Å². The minimum Gasteiger partial charge on any atom is -0.396 e. The summed E-state index contributed by atoms with van der Waals surface area (Å²) in [6.07, 6.45) is 0. The molecule has 0 spiro atoms. The van der Waals surface area contributed by atoms with Crippen LogP contribution in [-0.2, 0) is 0 Å². The van der Waals surface area contributed by atoms with E-state index in [9.17, 15) is 13.6 Å². The number of carbonyl (C=O) groups excluding carboxylic acids is 1. The van der Waals surface area contributed by atoms with Crippen LogP contribution >= 0.6 is 0 Å². The number of nitrogens with one attached hydrogen (secondary N) is 1. The molecule has 0 aliphatic carbocycles. The van der Waals surface area contributed by atoms with E-state index in [1.165, 1.54) is 0 Å². The summed E-state index contributed by atoms with van der Waals surface area (Å²) in [5, 5.41) is 2.57. The molecule has 0 saturated heterocycles. The van der Waals surface area contributed by atoms with Crippen LogP contribution in [0.3, 0.4) is 0 Å². The van der Waals surface area contributed by atoms with Crippen molar-refractivity contribution in [1.82, 2.24) is 5.32 Å². The molecule has 0 heterocycles. The third-order valence-electron chi connectivity index (χ3n) is 2.11. The first-order valence-electron chi connectivity index (χ1n) is 5.23. The molecule has 0 atom stereocenters. The van der Waals surface area contributed by atoms with Gasteiger partial charge in [0.1, 0.15) is 11.6 Å². The van der Waals surface area contributed by atoms with Crippen LogP contribution in [0.5, 0.6) is 0 Å². The van der Waals surface area contributed by atoms with Gasteiger partial charge in [0.05, 0.1) is 11.3 Å². The van der Waals surface area contributed by atoms with Gasteiger partial charge in [0.15, 0.2) is 0 Å². The Balaban J connectivity index is 2.86. The Labute approximate surface area is 99.0 Å². The summed E-state index contributed by atoms with van der Waals surface area (Å²) in [4.78, 5) is 11.6. The minimum atomic E-state index is -0.914. The predicted octanol–water partition coefficient (Wildman–Crippen LogP) is 2.32. The number of carbonyl (C=O) groups is 1. The second-order valence-electron chi connectivity index (χ2n) is 5.10. The van der Waals surface area contributed by atoms with Gasteiger partial charge in [-0.1, -0.05) is 20.8 Å². The maximum atomic E-state index is 13.3. The number of hydrogen-bond acceptors (Lipinski definition) is 2. The summed E-state index contributed by atoms with van der Waals surface area (Å²) in [7, 11) is 0. The van der Waals surface area contributed by atoms with E-state index in [0.717, 1.165) is 6.07 Å². The van der Waals surface area contributed by atoms with Crippen molar-refractivity contribution in [2.24, 2.45) is 5.41 Å². The number of benzene rings is 1. The van der Waals surface area contributed by atoms with Crippen molar-refractivity contribution in [3.05, 3.63) is 29.3 Å². The normalized spacial score (nSPS) is 11.4.